The molecule has 0 saturated heterocycles. The van der Waals surface area contributed by atoms with Gasteiger partial charge in [0.25, 0.3) is 0 Å². The van der Waals surface area contributed by atoms with Gasteiger partial charge in [0, 0.05) is 0 Å². The zero-order valence-corrected chi connectivity index (χ0v) is 22.8. The van der Waals surface area contributed by atoms with Crippen molar-refractivity contribution in [2.45, 2.75) is 19.4 Å². The van der Waals surface area contributed by atoms with E-state index in [4.69, 9.17) is 0 Å². The van der Waals surface area contributed by atoms with Crippen LogP contribution in [0.25, 0.3) is 0 Å². The first-order chi connectivity index (χ1) is 16.4. The molecule has 2 atom stereocenters. The second kappa shape index (κ2) is 10.9. The van der Waals surface area contributed by atoms with Crippen LogP contribution in [0.4, 0.5) is 0 Å². The summed E-state index contributed by atoms with van der Waals surface area (Å²) in [4.78, 5) is 0.0655. The summed E-state index contributed by atoms with van der Waals surface area (Å²) in [7, 11) is -7.62. The molecular formula is C24H20N2O4S2Se2. The molecule has 0 aliphatic heterocycles. The Morgan fingerprint density at radius 3 is 1.32 bits per heavy atom. The molecule has 174 valence electrons. The van der Waals surface area contributed by atoms with Gasteiger partial charge in [-0.15, -0.1) is 0 Å². The van der Waals surface area contributed by atoms with Crippen molar-refractivity contribution in [2.24, 2.45) is 8.80 Å². The van der Waals surface area contributed by atoms with Crippen LogP contribution in [0.5, 0.6) is 0 Å². The third-order valence-corrected chi connectivity index (χ3v) is 15.9. The molecule has 0 aromatic heterocycles. The molecule has 2 aliphatic rings. The fraction of sp³-hybridized carbons (Fsp3) is 0.0833. The van der Waals surface area contributed by atoms with E-state index in [2.05, 4.69) is 8.80 Å². The van der Waals surface area contributed by atoms with Crippen LogP contribution in [-0.2, 0) is 20.0 Å². The Bertz CT molecular complexity index is 1320. The molecule has 10 heteroatoms. The van der Waals surface area contributed by atoms with E-state index in [1.807, 2.05) is 24.3 Å². The first-order valence-corrected chi connectivity index (χ1v) is 19.4. The summed E-state index contributed by atoms with van der Waals surface area (Å²) in [6.45, 7) is 0. The van der Waals surface area contributed by atoms with Crippen LogP contribution in [0.1, 0.15) is 0 Å². The Kier molecular flexibility index (Phi) is 7.98. The van der Waals surface area contributed by atoms with Crippen molar-refractivity contribution >= 4 is 57.7 Å². The Hall–Kier alpha value is -2.32. The van der Waals surface area contributed by atoms with Gasteiger partial charge in [-0.25, -0.2) is 0 Å². The van der Waals surface area contributed by atoms with Crippen LogP contribution in [0.15, 0.2) is 128 Å². The van der Waals surface area contributed by atoms with Gasteiger partial charge in [-0.2, -0.15) is 0 Å². The van der Waals surface area contributed by atoms with Crippen molar-refractivity contribution in [2.75, 3.05) is 0 Å². The molecule has 2 aromatic carbocycles. The van der Waals surface area contributed by atoms with E-state index < -0.39 is 20.0 Å². The molecule has 6 nitrogen and oxygen atoms in total. The van der Waals surface area contributed by atoms with Gasteiger partial charge in [-0.1, -0.05) is 0 Å². The zero-order valence-electron chi connectivity index (χ0n) is 17.7. The second-order valence-electron chi connectivity index (χ2n) is 7.13. The van der Waals surface area contributed by atoms with E-state index in [1.165, 1.54) is 24.3 Å². The Morgan fingerprint density at radius 2 is 0.941 bits per heavy atom. The Balaban J connectivity index is 1.53. The van der Waals surface area contributed by atoms with Gasteiger partial charge in [-0.05, 0) is 0 Å². The molecule has 0 fully saturated rings. The number of hydrogen-bond donors (Lipinski definition) is 0. The zero-order chi connectivity index (χ0) is 24.0. The predicted octanol–water partition coefficient (Wildman–Crippen LogP) is 3.80. The molecule has 0 heterocycles. The molecule has 0 amide bonds. The number of rotatable bonds is 7. The molecule has 0 bridgehead atoms. The van der Waals surface area contributed by atoms with Crippen molar-refractivity contribution in [1.29, 1.82) is 0 Å². The van der Waals surface area contributed by atoms with Gasteiger partial charge in [0.15, 0.2) is 0 Å². The summed E-state index contributed by atoms with van der Waals surface area (Å²) >= 11 is -0.0620. The Morgan fingerprint density at radius 1 is 0.559 bits per heavy atom. The molecule has 0 N–H and O–H groups in total. The minimum absolute atomic E-state index is 0.0310. The average Bonchev–Trinajstić information content (AvgIpc) is 2.85. The van der Waals surface area contributed by atoms with Crippen molar-refractivity contribution < 1.29 is 16.8 Å². The summed E-state index contributed by atoms with van der Waals surface area (Å²) in [6, 6.07) is 16.3. The van der Waals surface area contributed by atoms with Crippen molar-refractivity contribution in [3.8, 4) is 0 Å². The third kappa shape index (κ3) is 6.21. The van der Waals surface area contributed by atoms with Gasteiger partial charge in [0.2, 0.25) is 0 Å². The number of nitrogens with zero attached hydrogens (tertiary/aromatic N) is 2. The molecule has 2 aliphatic carbocycles. The summed E-state index contributed by atoms with van der Waals surface area (Å²) in [5.41, 5.74) is 0.998. The van der Waals surface area contributed by atoms with Crippen LogP contribution < -0.4 is 0 Å². The summed E-state index contributed by atoms with van der Waals surface area (Å²) in [5, 5.41) is 0. The quantitative estimate of drug-likeness (QED) is 0.440. The van der Waals surface area contributed by atoms with E-state index in [-0.39, 0.29) is 45.7 Å². The van der Waals surface area contributed by atoms with E-state index in [0.717, 1.165) is 0 Å². The summed E-state index contributed by atoms with van der Waals surface area (Å²) < 4.78 is 59.3. The van der Waals surface area contributed by atoms with Gasteiger partial charge in [0.05, 0.1) is 0 Å². The number of allylic oxidation sites excluding steroid dienone is 8. The standard InChI is InChI=1S/C24H20N2O4S2Se2/c27-31(28,19-11-3-1-4-12-19)25-21-15-7-9-17-23(21)33-34-24-18-10-8-16-22(24)26-32(29,30)20-13-5-2-6-14-20/h1-18,23-24H. The van der Waals surface area contributed by atoms with Crippen molar-refractivity contribution in [3.63, 3.8) is 0 Å². The predicted molar refractivity (Wildman–Crippen MR) is 138 cm³/mol. The first-order valence-electron chi connectivity index (χ1n) is 10.2. The minimum atomic E-state index is -3.81. The topological polar surface area (TPSA) is 93.0 Å². The average molecular weight is 622 g/mol. The molecule has 0 saturated carbocycles. The molecule has 2 aromatic rings. The maximum atomic E-state index is 12.8. The van der Waals surface area contributed by atoms with Crippen LogP contribution in [0, 0.1) is 0 Å². The molecule has 2 unspecified atom stereocenters. The maximum absolute atomic E-state index is 12.8. The van der Waals surface area contributed by atoms with Gasteiger partial charge in [0.1, 0.15) is 0 Å². The van der Waals surface area contributed by atoms with Gasteiger partial charge >= 0.3 is 212 Å². The van der Waals surface area contributed by atoms with E-state index >= 15 is 0 Å². The molecule has 0 radical (unpaired) electrons. The monoisotopic (exact) mass is 624 g/mol. The fourth-order valence-electron chi connectivity index (χ4n) is 3.04. The Labute approximate surface area is 211 Å². The van der Waals surface area contributed by atoms with Crippen molar-refractivity contribution in [1.82, 2.24) is 0 Å². The third-order valence-electron chi connectivity index (χ3n) is 4.71. The first kappa shape index (κ1) is 24.8. The SMILES string of the molecule is O=S(=O)(N=C1C=CC=CC1[Se][Se]C1C=CC=CC1=NS(=O)(=O)c1ccccc1)c1ccccc1. The number of hydrogen-bond acceptors (Lipinski definition) is 4. The van der Waals surface area contributed by atoms with Crippen LogP contribution >= 0.6 is 0 Å². The van der Waals surface area contributed by atoms with Crippen LogP contribution in [-0.4, -0.2) is 54.5 Å². The van der Waals surface area contributed by atoms with Crippen LogP contribution in [0.3, 0.4) is 0 Å². The van der Waals surface area contributed by atoms with Gasteiger partial charge < -0.3 is 0 Å². The summed E-state index contributed by atoms with van der Waals surface area (Å²) in [5.74, 6) is 0. The summed E-state index contributed by atoms with van der Waals surface area (Å²) in [6.07, 6.45) is 14.7. The molecule has 4 rings (SSSR count). The number of sulfonamides is 2. The van der Waals surface area contributed by atoms with E-state index in [9.17, 15) is 16.8 Å². The molecular weight excluding hydrogens is 602 g/mol. The second-order valence-corrected chi connectivity index (χ2v) is 17.5. The number of benzene rings is 2. The fourth-order valence-corrected chi connectivity index (χ4v) is 13.7. The normalized spacial score (nSPS) is 22.5. The van der Waals surface area contributed by atoms with Crippen LogP contribution in [0.2, 0.25) is 9.63 Å². The molecule has 0 spiro atoms. The molecule has 34 heavy (non-hydrogen) atoms. The van der Waals surface area contributed by atoms with Crippen molar-refractivity contribution in [3.05, 3.63) is 109 Å². The van der Waals surface area contributed by atoms with E-state index in [1.54, 1.807) is 60.7 Å². The van der Waals surface area contributed by atoms with E-state index in [0.29, 0.717) is 11.4 Å². The van der Waals surface area contributed by atoms with Gasteiger partial charge in [-0.3, -0.25) is 0 Å².